The van der Waals surface area contributed by atoms with Gasteiger partial charge in [-0.3, -0.25) is 4.79 Å². The Morgan fingerprint density at radius 2 is 1.88 bits per heavy atom. The Hall–Kier alpha value is -1.85. The molecule has 2 aromatic rings. The number of carbonyl (C=O) groups is 1. The van der Waals surface area contributed by atoms with E-state index in [-0.39, 0.29) is 11.2 Å². The van der Waals surface area contributed by atoms with E-state index in [1.165, 1.54) is 11.8 Å². The average molecular weight is 366 g/mol. The van der Waals surface area contributed by atoms with Crippen LogP contribution in [0.3, 0.4) is 0 Å². The molecule has 24 heavy (non-hydrogen) atoms. The van der Waals surface area contributed by atoms with Crippen LogP contribution in [0.25, 0.3) is 0 Å². The van der Waals surface area contributed by atoms with Crippen LogP contribution in [0.4, 0.5) is 5.69 Å². The second-order valence-corrected chi connectivity index (χ2v) is 6.86. The zero-order valence-corrected chi connectivity index (χ0v) is 15.4. The van der Waals surface area contributed by atoms with E-state index in [4.69, 9.17) is 21.1 Å². The van der Waals surface area contributed by atoms with Crippen LogP contribution in [-0.4, -0.2) is 25.4 Å². The van der Waals surface area contributed by atoms with Crippen LogP contribution in [0.2, 0.25) is 5.02 Å². The van der Waals surface area contributed by atoms with Crippen molar-refractivity contribution in [3.05, 3.63) is 53.1 Å². The Balaban J connectivity index is 1.98. The van der Waals surface area contributed by atoms with Gasteiger partial charge in [0.05, 0.1) is 25.2 Å². The van der Waals surface area contributed by atoms with Crippen molar-refractivity contribution in [3.63, 3.8) is 0 Å². The first-order valence-corrected chi connectivity index (χ1v) is 8.85. The number of carbonyl (C=O) groups excluding carboxylic acids is 1. The molecule has 1 atom stereocenters. The van der Waals surface area contributed by atoms with Crippen molar-refractivity contribution < 1.29 is 14.3 Å². The number of hydrogen-bond donors (Lipinski definition) is 1. The van der Waals surface area contributed by atoms with Crippen LogP contribution in [0, 0.1) is 0 Å². The first-order chi connectivity index (χ1) is 11.5. The van der Waals surface area contributed by atoms with E-state index >= 15 is 0 Å². The number of rotatable bonds is 7. The highest BCUT2D eigenvalue weighted by molar-refractivity contribution is 7.99. The van der Waals surface area contributed by atoms with Gasteiger partial charge in [-0.1, -0.05) is 23.7 Å². The molecule has 2 aromatic carbocycles. The van der Waals surface area contributed by atoms with Crippen molar-refractivity contribution in [1.82, 2.24) is 0 Å². The minimum atomic E-state index is -0.237. The number of para-hydroxylation sites is 2. The van der Waals surface area contributed by atoms with Gasteiger partial charge in [0.25, 0.3) is 0 Å². The number of nitrogens with one attached hydrogen (secondary N) is 1. The Labute approximate surface area is 151 Å². The van der Waals surface area contributed by atoms with E-state index in [9.17, 15) is 4.79 Å². The van der Waals surface area contributed by atoms with Gasteiger partial charge >= 0.3 is 0 Å². The lowest BCUT2D eigenvalue weighted by Gasteiger charge is -2.15. The molecule has 0 aliphatic carbocycles. The summed E-state index contributed by atoms with van der Waals surface area (Å²) in [5.41, 5.74) is 1.63. The fourth-order valence-corrected chi connectivity index (χ4v) is 3.19. The largest absolute Gasteiger partial charge is 0.496 e. The van der Waals surface area contributed by atoms with Gasteiger partial charge in [0.2, 0.25) is 5.91 Å². The van der Waals surface area contributed by atoms with E-state index in [0.717, 1.165) is 11.3 Å². The topological polar surface area (TPSA) is 47.6 Å². The average Bonchev–Trinajstić information content (AvgIpc) is 2.60. The molecule has 0 radical (unpaired) electrons. The number of thioether (sulfide) groups is 1. The Morgan fingerprint density at radius 3 is 2.58 bits per heavy atom. The third kappa shape index (κ3) is 4.82. The number of halogens is 1. The second kappa shape index (κ2) is 8.85. The van der Waals surface area contributed by atoms with Crippen molar-refractivity contribution in [2.45, 2.75) is 17.9 Å². The van der Waals surface area contributed by atoms with Crippen LogP contribution in [0.5, 0.6) is 11.5 Å². The molecule has 4 nitrogen and oxygen atoms in total. The molecule has 0 aliphatic rings. The second-order valence-electron chi connectivity index (χ2n) is 5.10. The standard InChI is InChI=1S/C18H20ClNO3S/c1-12(18(21)20-15-6-4-5-7-17(15)23-3)24-11-13-10-14(19)8-9-16(13)22-2/h4-10,12H,11H2,1-3H3,(H,20,21)/t12-/m1/s1. The highest BCUT2D eigenvalue weighted by Gasteiger charge is 2.16. The maximum Gasteiger partial charge on any atom is 0.237 e. The fraction of sp³-hybridized carbons (Fsp3) is 0.278. The third-order valence-corrected chi connectivity index (χ3v) is 4.89. The SMILES string of the molecule is COc1ccc(Cl)cc1CS[C@H](C)C(=O)Nc1ccccc1OC. The molecule has 1 amide bonds. The molecule has 0 saturated carbocycles. The molecule has 0 aliphatic heterocycles. The number of hydrogen-bond acceptors (Lipinski definition) is 4. The normalized spacial score (nSPS) is 11.7. The van der Waals surface area contributed by atoms with E-state index in [2.05, 4.69) is 5.32 Å². The van der Waals surface area contributed by atoms with Crippen LogP contribution < -0.4 is 14.8 Å². The summed E-state index contributed by atoms with van der Waals surface area (Å²) in [4.78, 5) is 12.4. The number of methoxy groups -OCH3 is 2. The minimum absolute atomic E-state index is 0.0782. The van der Waals surface area contributed by atoms with Gasteiger partial charge in [0, 0.05) is 16.3 Å². The smallest absolute Gasteiger partial charge is 0.237 e. The predicted octanol–water partition coefficient (Wildman–Crippen LogP) is 4.62. The molecular weight excluding hydrogens is 346 g/mol. The third-order valence-electron chi connectivity index (χ3n) is 3.47. The van der Waals surface area contributed by atoms with Crippen LogP contribution in [0.1, 0.15) is 12.5 Å². The van der Waals surface area contributed by atoms with Crippen molar-refractivity contribution in [2.75, 3.05) is 19.5 Å². The van der Waals surface area contributed by atoms with Crippen molar-refractivity contribution in [2.24, 2.45) is 0 Å². The van der Waals surface area contributed by atoms with E-state index in [0.29, 0.717) is 22.2 Å². The van der Waals surface area contributed by atoms with Crippen LogP contribution in [-0.2, 0) is 10.5 Å². The summed E-state index contributed by atoms with van der Waals surface area (Å²) in [5, 5.41) is 3.31. The van der Waals surface area contributed by atoms with Gasteiger partial charge in [-0.05, 0) is 37.3 Å². The monoisotopic (exact) mass is 365 g/mol. The van der Waals surface area contributed by atoms with E-state index < -0.39 is 0 Å². The van der Waals surface area contributed by atoms with Gasteiger partial charge in [0.1, 0.15) is 11.5 Å². The fourth-order valence-electron chi connectivity index (χ4n) is 2.13. The first-order valence-electron chi connectivity index (χ1n) is 7.43. The van der Waals surface area contributed by atoms with Crippen molar-refractivity contribution in [1.29, 1.82) is 0 Å². The highest BCUT2D eigenvalue weighted by Crippen LogP contribution is 2.29. The summed E-state index contributed by atoms with van der Waals surface area (Å²) in [7, 11) is 3.20. The molecule has 6 heteroatoms. The molecule has 0 fully saturated rings. The maximum absolute atomic E-state index is 12.4. The number of anilines is 1. The molecule has 128 valence electrons. The molecule has 0 unspecified atom stereocenters. The zero-order valence-electron chi connectivity index (χ0n) is 13.8. The van der Waals surface area contributed by atoms with Crippen LogP contribution in [0.15, 0.2) is 42.5 Å². The Kier molecular flexibility index (Phi) is 6.82. The van der Waals surface area contributed by atoms with E-state index in [1.807, 2.05) is 43.3 Å². The predicted molar refractivity (Wildman–Crippen MR) is 100 cm³/mol. The molecular formula is C18H20ClNO3S. The van der Waals surface area contributed by atoms with E-state index in [1.54, 1.807) is 20.3 Å². The molecule has 0 spiro atoms. The summed E-state index contributed by atoms with van der Waals surface area (Å²) in [6, 6.07) is 12.8. The summed E-state index contributed by atoms with van der Waals surface area (Å²) >= 11 is 7.55. The van der Waals surface area contributed by atoms with Gasteiger partial charge in [-0.15, -0.1) is 11.8 Å². The lowest BCUT2D eigenvalue weighted by atomic mass is 10.2. The minimum Gasteiger partial charge on any atom is -0.496 e. The Morgan fingerprint density at radius 1 is 1.17 bits per heavy atom. The highest BCUT2D eigenvalue weighted by atomic mass is 35.5. The molecule has 1 N–H and O–H groups in total. The van der Waals surface area contributed by atoms with Gasteiger partial charge < -0.3 is 14.8 Å². The maximum atomic E-state index is 12.4. The lowest BCUT2D eigenvalue weighted by Crippen LogP contribution is -2.22. The molecule has 0 bridgehead atoms. The summed E-state index contributed by atoms with van der Waals surface area (Å²) in [6.07, 6.45) is 0. The number of amides is 1. The van der Waals surface area contributed by atoms with Crippen molar-refractivity contribution >= 4 is 35.0 Å². The quantitative estimate of drug-likeness (QED) is 0.777. The summed E-state index contributed by atoms with van der Waals surface area (Å²) in [5.74, 6) is 1.96. The first kappa shape index (κ1) is 18.5. The van der Waals surface area contributed by atoms with Gasteiger partial charge in [-0.25, -0.2) is 0 Å². The zero-order chi connectivity index (χ0) is 17.5. The molecule has 0 saturated heterocycles. The number of benzene rings is 2. The van der Waals surface area contributed by atoms with Gasteiger partial charge in [-0.2, -0.15) is 0 Å². The molecule has 2 rings (SSSR count). The van der Waals surface area contributed by atoms with Gasteiger partial charge in [0.15, 0.2) is 0 Å². The van der Waals surface area contributed by atoms with Crippen molar-refractivity contribution in [3.8, 4) is 11.5 Å². The number of ether oxygens (including phenoxy) is 2. The summed E-state index contributed by atoms with van der Waals surface area (Å²) < 4.78 is 10.6. The Bertz CT molecular complexity index is 708. The molecule has 0 aromatic heterocycles. The van der Waals surface area contributed by atoms with Crippen LogP contribution >= 0.6 is 23.4 Å². The summed E-state index contributed by atoms with van der Waals surface area (Å²) in [6.45, 7) is 1.87. The molecule has 0 heterocycles. The lowest BCUT2D eigenvalue weighted by molar-refractivity contribution is -0.115.